The summed E-state index contributed by atoms with van der Waals surface area (Å²) >= 11 is 2.88. The SMILES string of the molecule is Cl.Cl.N#Cc1cc(CN)cs1.N#Cc1ccc(CN)s1. The van der Waals surface area contributed by atoms with Gasteiger partial charge in [0.1, 0.15) is 21.9 Å². The summed E-state index contributed by atoms with van der Waals surface area (Å²) in [5.74, 6) is 0. The molecule has 2 aromatic heterocycles. The van der Waals surface area contributed by atoms with Crippen LogP contribution in [0.2, 0.25) is 0 Å². The van der Waals surface area contributed by atoms with Gasteiger partial charge in [-0.2, -0.15) is 10.5 Å². The van der Waals surface area contributed by atoms with E-state index in [1.165, 1.54) is 22.7 Å². The minimum Gasteiger partial charge on any atom is -0.326 e. The fourth-order valence-electron chi connectivity index (χ4n) is 1.09. The molecule has 2 heterocycles. The van der Waals surface area contributed by atoms with E-state index in [2.05, 4.69) is 0 Å². The lowest BCUT2D eigenvalue weighted by molar-refractivity contribution is 1.08. The van der Waals surface area contributed by atoms with Crippen molar-refractivity contribution >= 4 is 47.5 Å². The number of nitriles is 2. The van der Waals surface area contributed by atoms with Crippen LogP contribution < -0.4 is 11.5 Å². The Bertz CT molecular complexity index is 529. The molecular formula is C12H14Cl2N4S2. The molecule has 0 atom stereocenters. The van der Waals surface area contributed by atoms with Crippen molar-refractivity contribution in [3.63, 3.8) is 0 Å². The molecular weight excluding hydrogens is 335 g/mol. The molecule has 0 saturated carbocycles. The third-order valence-electron chi connectivity index (χ3n) is 1.97. The van der Waals surface area contributed by atoms with Gasteiger partial charge in [0.15, 0.2) is 0 Å². The molecule has 0 spiro atoms. The summed E-state index contributed by atoms with van der Waals surface area (Å²) in [6, 6.07) is 9.56. The Balaban J connectivity index is 0. The number of rotatable bonds is 2. The lowest BCUT2D eigenvalue weighted by Crippen LogP contribution is -1.92. The summed E-state index contributed by atoms with van der Waals surface area (Å²) in [7, 11) is 0. The van der Waals surface area contributed by atoms with E-state index in [4.69, 9.17) is 22.0 Å². The molecule has 0 aromatic carbocycles. The predicted molar refractivity (Wildman–Crippen MR) is 88.3 cm³/mol. The van der Waals surface area contributed by atoms with Crippen LogP contribution in [0.25, 0.3) is 0 Å². The van der Waals surface area contributed by atoms with Crippen molar-refractivity contribution in [2.75, 3.05) is 0 Å². The fourth-order valence-corrected chi connectivity index (χ4v) is 2.49. The Morgan fingerprint density at radius 2 is 1.65 bits per heavy atom. The Hall–Kier alpha value is -1.12. The first kappa shape index (κ1) is 21.2. The monoisotopic (exact) mass is 348 g/mol. The van der Waals surface area contributed by atoms with Gasteiger partial charge in [0.05, 0.1) is 0 Å². The lowest BCUT2D eigenvalue weighted by Gasteiger charge is -1.80. The maximum absolute atomic E-state index is 8.37. The van der Waals surface area contributed by atoms with Crippen molar-refractivity contribution in [1.82, 2.24) is 0 Å². The van der Waals surface area contributed by atoms with Crippen LogP contribution in [0.1, 0.15) is 20.2 Å². The lowest BCUT2D eigenvalue weighted by atomic mass is 10.3. The summed E-state index contributed by atoms with van der Waals surface area (Å²) in [5.41, 5.74) is 11.7. The van der Waals surface area contributed by atoms with Gasteiger partial charge in [0.2, 0.25) is 0 Å². The highest BCUT2D eigenvalue weighted by atomic mass is 35.5. The van der Waals surface area contributed by atoms with Crippen molar-refractivity contribution < 1.29 is 0 Å². The zero-order valence-corrected chi connectivity index (χ0v) is 13.7. The van der Waals surface area contributed by atoms with Crippen LogP contribution in [-0.2, 0) is 13.1 Å². The molecule has 0 fully saturated rings. The average Bonchev–Trinajstić information content (AvgIpc) is 3.07. The molecule has 0 aliphatic heterocycles. The molecule has 2 rings (SSSR count). The molecule has 0 radical (unpaired) electrons. The quantitative estimate of drug-likeness (QED) is 0.870. The number of hydrogen-bond acceptors (Lipinski definition) is 6. The second-order valence-electron chi connectivity index (χ2n) is 3.22. The van der Waals surface area contributed by atoms with Crippen molar-refractivity contribution in [3.05, 3.63) is 43.8 Å². The van der Waals surface area contributed by atoms with Crippen LogP contribution in [0.3, 0.4) is 0 Å². The molecule has 4 N–H and O–H groups in total. The van der Waals surface area contributed by atoms with Crippen LogP contribution in [0.15, 0.2) is 23.6 Å². The minimum absolute atomic E-state index is 0. The Morgan fingerprint density at radius 3 is 1.95 bits per heavy atom. The molecule has 0 aliphatic carbocycles. The zero-order valence-electron chi connectivity index (χ0n) is 10.4. The largest absolute Gasteiger partial charge is 0.326 e. The number of nitrogens with zero attached hydrogens (tertiary/aromatic N) is 2. The normalized spacial score (nSPS) is 8.00. The van der Waals surface area contributed by atoms with Crippen molar-refractivity contribution in [2.45, 2.75) is 13.1 Å². The molecule has 4 nitrogen and oxygen atoms in total. The molecule has 0 unspecified atom stereocenters. The van der Waals surface area contributed by atoms with Crippen molar-refractivity contribution in [2.24, 2.45) is 11.5 Å². The molecule has 2 aromatic rings. The molecule has 0 aliphatic rings. The Kier molecular flexibility index (Phi) is 12.4. The standard InChI is InChI=1S/2C6H6N2S.2ClH/c7-2-5-1-6(3-8)9-4-5;7-3-5-1-2-6(4-8)9-5;;/h1,4H,2,7H2;1-2H,3,7H2;2*1H. The van der Waals surface area contributed by atoms with Crippen LogP contribution in [0, 0.1) is 22.7 Å². The summed E-state index contributed by atoms with van der Waals surface area (Å²) < 4.78 is 0. The van der Waals surface area contributed by atoms with Crippen molar-refractivity contribution in [1.29, 1.82) is 10.5 Å². The Labute approximate surface area is 138 Å². The van der Waals surface area contributed by atoms with Gasteiger partial charge in [-0.05, 0) is 29.1 Å². The van der Waals surface area contributed by atoms with Gasteiger partial charge in [-0.15, -0.1) is 47.5 Å². The third-order valence-corrected chi connectivity index (χ3v) is 3.87. The van der Waals surface area contributed by atoms with Gasteiger partial charge < -0.3 is 11.5 Å². The number of halogens is 2. The average molecular weight is 349 g/mol. The number of thiophene rings is 2. The Morgan fingerprint density at radius 1 is 1.00 bits per heavy atom. The van der Waals surface area contributed by atoms with Crippen molar-refractivity contribution in [3.8, 4) is 12.1 Å². The van der Waals surface area contributed by atoms with E-state index in [1.54, 1.807) is 6.07 Å². The van der Waals surface area contributed by atoms with Crippen LogP contribution in [0.4, 0.5) is 0 Å². The van der Waals surface area contributed by atoms with Gasteiger partial charge in [-0.25, -0.2) is 0 Å². The second-order valence-corrected chi connectivity index (χ2v) is 5.30. The molecule has 0 amide bonds. The van der Waals surface area contributed by atoms with E-state index in [-0.39, 0.29) is 24.8 Å². The first-order valence-electron chi connectivity index (χ1n) is 5.10. The van der Waals surface area contributed by atoms with Crippen LogP contribution in [-0.4, -0.2) is 0 Å². The molecule has 108 valence electrons. The molecule has 20 heavy (non-hydrogen) atoms. The molecule has 8 heteroatoms. The first-order valence-corrected chi connectivity index (χ1v) is 6.79. The van der Waals surface area contributed by atoms with Gasteiger partial charge in [0, 0.05) is 18.0 Å². The number of hydrogen-bond donors (Lipinski definition) is 2. The zero-order chi connectivity index (χ0) is 13.4. The fraction of sp³-hybridized carbons (Fsp3) is 0.167. The maximum atomic E-state index is 8.37. The van der Waals surface area contributed by atoms with Crippen LogP contribution in [0.5, 0.6) is 0 Å². The smallest absolute Gasteiger partial charge is 0.110 e. The summed E-state index contributed by atoms with van der Waals surface area (Å²) in [6.45, 7) is 1.06. The highest BCUT2D eigenvalue weighted by molar-refractivity contribution is 7.12. The van der Waals surface area contributed by atoms with E-state index in [9.17, 15) is 0 Å². The summed E-state index contributed by atoms with van der Waals surface area (Å²) in [6.07, 6.45) is 0. The second kappa shape index (κ2) is 11.7. The summed E-state index contributed by atoms with van der Waals surface area (Å²) in [5, 5.41) is 18.6. The van der Waals surface area contributed by atoms with E-state index >= 15 is 0 Å². The first-order chi connectivity index (χ1) is 8.73. The summed E-state index contributed by atoms with van der Waals surface area (Å²) in [4.78, 5) is 2.53. The van der Waals surface area contributed by atoms with Gasteiger partial charge >= 0.3 is 0 Å². The van der Waals surface area contributed by atoms with Gasteiger partial charge in [0.25, 0.3) is 0 Å². The topological polar surface area (TPSA) is 99.6 Å². The minimum atomic E-state index is 0. The van der Waals surface area contributed by atoms with E-state index < -0.39 is 0 Å². The van der Waals surface area contributed by atoms with E-state index in [0.717, 1.165) is 20.2 Å². The van der Waals surface area contributed by atoms with E-state index in [0.29, 0.717) is 13.1 Å². The predicted octanol–water partition coefficient (Wildman–Crippen LogP) is 3.00. The highest BCUT2D eigenvalue weighted by Gasteiger charge is 1.94. The van der Waals surface area contributed by atoms with E-state index in [1.807, 2.05) is 29.7 Å². The highest BCUT2D eigenvalue weighted by Crippen LogP contribution is 2.13. The maximum Gasteiger partial charge on any atom is 0.110 e. The molecule has 0 saturated heterocycles. The van der Waals surface area contributed by atoms with Gasteiger partial charge in [-0.3, -0.25) is 0 Å². The molecule has 0 bridgehead atoms. The number of nitrogens with two attached hydrogens (primary N) is 2. The van der Waals surface area contributed by atoms with Gasteiger partial charge in [-0.1, -0.05) is 0 Å². The van der Waals surface area contributed by atoms with Crippen LogP contribution >= 0.6 is 47.5 Å². The third kappa shape index (κ3) is 6.88.